The maximum absolute atomic E-state index is 13.6. The number of halogens is 2. The number of rotatable bonds is 5. The average molecular weight is 459 g/mol. The lowest BCUT2D eigenvalue weighted by molar-refractivity contribution is -0.0451. The Bertz CT molecular complexity index is 1310. The summed E-state index contributed by atoms with van der Waals surface area (Å²) in [6.07, 6.45) is -2.19. The molecule has 0 saturated carbocycles. The van der Waals surface area contributed by atoms with Crippen molar-refractivity contribution in [3.63, 3.8) is 0 Å². The first kappa shape index (κ1) is 21.3. The van der Waals surface area contributed by atoms with E-state index in [0.717, 1.165) is 12.1 Å². The number of aliphatic hydroxyl groups excluding tert-OH is 2. The van der Waals surface area contributed by atoms with Gasteiger partial charge in [-0.05, 0) is 12.1 Å². The fraction of sp³-hybridized carbons (Fsp3) is 0.350. The van der Waals surface area contributed by atoms with Crippen LogP contribution >= 0.6 is 0 Å². The molecule has 4 aromatic rings. The van der Waals surface area contributed by atoms with Gasteiger partial charge in [-0.1, -0.05) is 19.0 Å². The van der Waals surface area contributed by atoms with Gasteiger partial charge in [0.1, 0.15) is 18.5 Å². The molecular formula is C20H19F2N7O4. The van der Waals surface area contributed by atoms with Crippen LogP contribution in [0.5, 0.6) is 0 Å². The van der Waals surface area contributed by atoms with Gasteiger partial charge in [-0.25, -0.2) is 23.7 Å². The van der Waals surface area contributed by atoms with Crippen LogP contribution in [-0.2, 0) is 4.74 Å². The van der Waals surface area contributed by atoms with Gasteiger partial charge in [-0.3, -0.25) is 4.57 Å². The van der Waals surface area contributed by atoms with Crippen LogP contribution in [0.3, 0.4) is 0 Å². The zero-order valence-electron chi connectivity index (χ0n) is 17.4. The van der Waals surface area contributed by atoms with Gasteiger partial charge in [0.05, 0.1) is 6.33 Å². The average Bonchev–Trinajstić information content (AvgIpc) is 3.50. The molecule has 13 heteroatoms. The summed E-state index contributed by atoms with van der Waals surface area (Å²) >= 11 is 0. The third-order valence-corrected chi connectivity index (χ3v) is 5.27. The number of nitrogens with one attached hydrogen (secondary N) is 1. The van der Waals surface area contributed by atoms with Gasteiger partial charge in [0, 0.05) is 17.7 Å². The van der Waals surface area contributed by atoms with Gasteiger partial charge in [0.25, 0.3) is 5.89 Å². The summed E-state index contributed by atoms with van der Waals surface area (Å²) < 4.78 is 39.3. The first-order valence-corrected chi connectivity index (χ1v) is 10.1. The van der Waals surface area contributed by atoms with Crippen LogP contribution < -0.4 is 5.32 Å². The number of imidazole rings is 1. The highest BCUT2D eigenvalue weighted by atomic mass is 19.2. The van der Waals surface area contributed by atoms with E-state index in [1.54, 1.807) is 0 Å². The highest BCUT2D eigenvalue weighted by molar-refractivity contribution is 5.85. The van der Waals surface area contributed by atoms with Crippen LogP contribution in [0.4, 0.5) is 20.3 Å². The second kappa shape index (κ2) is 8.10. The van der Waals surface area contributed by atoms with Crippen molar-refractivity contribution >= 4 is 22.7 Å². The lowest BCUT2D eigenvalue weighted by Gasteiger charge is -2.16. The van der Waals surface area contributed by atoms with Gasteiger partial charge >= 0.3 is 0 Å². The number of anilines is 2. The fourth-order valence-electron chi connectivity index (χ4n) is 3.53. The van der Waals surface area contributed by atoms with Gasteiger partial charge in [-0.15, -0.1) is 0 Å². The Kier molecular flexibility index (Phi) is 5.23. The van der Waals surface area contributed by atoms with Gasteiger partial charge in [-0.2, -0.15) is 4.98 Å². The Labute approximate surface area is 185 Å². The first-order valence-electron chi connectivity index (χ1n) is 10.1. The molecule has 1 saturated heterocycles. The van der Waals surface area contributed by atoms with E-state index in [-0.39, 0.29) is 34.5 Å². The zero-order chi connectivity index (χ0) is 23.3. The van der Waals surface area contributed by atoms with Crippen molar-refractivity contribution < 1.29 is 28.3 Å². The third-order valence-electron chi connectivity index (χ3n) is 5.27. The molecule has 0 aliphatic carbocycles. The lowest BCUT2D eigenvalue weighted by atomic mass is 10.1. The first-order chi connectivity index (χ1) is 15.8. The van der Waals surface area contributed by atoms with Crippen molar-refractivity contribution in [2.24, 2.45) is 0 Å². The summed E-state index contributed by atoms with van der Waals surface area (Å²) in [5.41, 5.74) is 0.824. The fourth-order valence-corrected chi connectivity index (χ4v) is 3.53. The van der Waals surface area contributed by atoms with Crippen LogP contribution in [0.15, 0.2) is 35.4 Å². The molecule has 0 spiro atoms. The number of fused-ring (bicyclic) bond motifs is 1. The van der Waals surface area contributed by atoms with E-state index >= 15 is 0 Å². The molecule has 3 aromatic heterocycles. The van der Waals surface area contributed by atoms with Crippen molar-refractivity contribution in [1.82, 2.24) is 29.7 Å². The number of ether oxygens (including phenoxy) is 1. The zero-order valence-corrected chi connectivity index (χ0v) is 17.4. The second-order valence-corrected chi connectivity index (χ2v) is 7.87. The summed E-state index contributed by atoms with van der Waals surface area (Å²) in [5, 5.41) is 27.9. The van der Waals surface area contributed by atoms with E-state index < -0.39 is 36.2 Å². The van der Waals surface area contributed by atoms with Crippen molar-refractivity contribution in [3.8, 4) is 0 Å². The van der Waals surface area contributed by atoms with Gasteiger partial charge in [0.15, 0.2) is 46.8 Å². The number of hydrogen-bond acceptors (Lipinski definition) is 10. The SMILES string of the molecule is CC(C)c1noc([C@H]2O[C@@H](n3cnc4c(Nc5ccc(F)c(F)c5)ncnc43)[C@H](O)[C@@H]2O)n1. The molecule has 1 aromatic carbocycles. The van der Waals surface area contributed by atoms with E-state index in [0.29, 0.717) is 5.82 Å². The minimum absolute atomic E-state index is 0.0107. The predicted molar refractivity (Wildman–Crippen MR) is 108 cm³/mol. The standard InChI is InChI=1S/C20H19F2N7O4/c1-8(2)16-27-19(33-28-16)15-13(30)14(31)20(32-15)29-7-25-12-17(23-6-24-18(12)29)26-9-3-4-10(21)11(22)5-9/h3-8,13-15,20,30-31H,1-2H3,(H,23,24,26)/t13-,14+,15-,20+/m0/s1. The minimum atomic E-state index is -1.35. The Morgan fingerprint density at radius 3 is 2.64 bits per heavy atom. The molecule has 172 valence electrons. The van der Waals surface area contributed by atoms with Gasteiger partial charge < -0.3 is 24.8 Å². The summed E-state index contributed by atoms with van der Waals surface area (Å²) in [6.45, 7) is 3.78. The molecule has 4 heterocycles. The van der Waals surface area contributed by atoms with Crippen LogP contribution in [0.25, 0.3) is 11.2 Å². The Morgan fingerprint density at radius 2 is 1.91 bits per heavy atom. The van der Waals surface area contributed by atoms with E-state index in [2.05, 4.69) is 30.4 Å². The van der Waals surface area contributed by atoms with E-state index in [1.807, 2.05) is 13.8 Å². The Morgan fingerprint density at radius 1 is 1.09 bits per heavy atom. The maximum atomic E-state index is 13.6. The van der Waals surface area contributed by atoms with E-state index in [9.17, 15) is 19.0 Å². The topological polar surface area (TPSA) is 144 Å². The molecule has 1 aliphatic heterocycles. The molecule has 0 bridgehead atoms. The predicted octanol–water partition coefficient (Wildman–Crippen LogP) is 2.35. The molecule has 1 fully saturated rings. The summed E-state index contributed by atoms with van der Waals surface area (Å²) in [4.78, 5) is 16.8. The molecule has 0 radical (unpaired) electrons. The smallest absolute Gasteiger partial charge is 0.258 e. The molecule has 11 nitrogen and oxygen atoms in total. The quantitative estimate of drug-likeness (QED) is 0.407. The number of aliphatic hydroxyl groups is 2. The monoisotopic (exact) mass is 459 g/mol. The molecule has 5 rings (SSSR count). The van der Waals surface area contributed by atoms with Crippen LogP contribution in [-0.4, -0.2) is 52.1 Å². The van der Waals surface area contributed by atoms with Crippen LogP contribution in [0.1, 0.15) is 43.8 Å². The largest absolute Gasteiger partial charge is 0.387 e. The minimum Gasteiger partial charge on any atom is -0.387 e. The lowest BCUT2D eigenvalue weighted by Crippen LogP contribution is -2.29. The molecule has 3 N–H and O–H groups in total. The van der Waals surface area contributed by atoms with Crippen LogP contribution in [0.2, 0.25) is 0 Å². The van der Waals surface area contributed by atoms with Gasteiger partial charge in [0.2, 0.25) is 0 Å². The molecule has 0 unspecified atom stereocenters. The summed E-state index contributed by atoms with van der Waals surface area (Å²) in [5.74, 6) is -1.25. The Balaban J connectivity index is 1.45. The molecule has 4 atom stereocenters. The summed E-state index contributed by atoms with van der Waals surface area (Å²) in [6, 6.07) is 3.33. The van der Waals surface area contributed by atoms with Crippen molar-refractivity contribution in [2.45, 2.75) is 44.3 Å². The molecule has 0 amide bonds. The molecule has 1 aliphatic rings. The molecular weight excluding hydrogens is 440 g/mol. The van der Waals surface area contributed by atoms with E-state index in [4.69, 9.17) is 9.26 Å². The second-order valence-electron chi connectivity index (χ2n) is 7.87. The highest BCUT2D eigenvalue weighted by Gasteiger charge is 2.47. The van der Waals surface area contributed by atoms with Crippen LogP contribution in [0, 0.1) is 11.6 Å². The maximum Gasteiger partial charge on any atom is 0.258 e. The number of aromatic nitrogens is 6. The number of nitrogens with zero attached hydrogens (tertiary/aromatic N) is 6. The molecule has 33 heavy (non-hydrogen) atoms. The highest BCUT2D eigenvalue weighted by Crippen LogP contribution is 2.39. The third kappa shape index (κ3) is 3.69. The Hall–Kier alpha value is -3.55. The number of hydrogen-bond donors (Lipinski definition) is 3. The van der Waals surface area contributed by atoms with Crippen molar-refractivity contribution in [3.05, 3.63) is 54.2 Å². The van der Waals surface area contributed by atoms with Crippen molar-refractivity contribution in [2.75, 3.05) is 5.32 Å². The van der Waals surface area contributed by atoms with E-state index in [1.165, 1.54) is 23.3 Å². The normalized spacial score (nSPS) is 23.0. The van der Waals surface area contributed by atoms with Crippen molar-refractivity contribution in [1.29, 1.82) is 0 Å². The number of benzene rings is 1. The summed E-state index contributed by atoms with van der Waals surface area (Å²) in [7, 11) is 0.